The highest BCUT2D eigenvalue weighted by Gasteiger charge is 2.26. The van der Waals surface area contributed by atoms with Gasteiger partial charge >= 0.3 is 0 Å². The van der Waals surface area contributed by atoms with E-state index in [0.29, 0.717) is 16.6 Å². The Kier molecular flexibility index (Phi) is 3.93. The number of amides is 1. The highest BCUT2D eigenvalue weighted by molar-refractivity contribution is 6.33. The van der Waals surface area contributed by atoms with Crippen LogP contribution in [0.1, 0.15) is 30.1 Å². The second-order valence-corrected chi connectivity index (χ2v) is 5.84. The van der Waals surface area contributed by atoms with Gasteiger partial charge in [0.05, 0.1) is 5.56 Å². The Morgan fingerprint density at radius 2 is 2.14 bits per heavy atom. The molecule has 2 aromatic rings. The number of aromatic nitrogens is 1. The fourth-order valence-electron chi connectivity index (χ4n) is 2.80. The predicted octanol–water partition coefficient (Wildman–Crippen LogP) is 4.03. The van der Waals surface area contributed by atoms with Gasteiger partial charge in [-0.2, -0.15) is 0 Å². The maximum absolute atomic E-state index is 12.6. The third-order valence-electron chi connectivity index (χ3n) is 3.98. The zero-order chi connectivity index (χ0) is 14.8. The molecule has 2 heterocycles. The quantitative estimate of drug-likeness (QED) is 0.839. The largest absolute Gasteiger partial charge is 0.336 e. The third kappa shape index (κ3) is 2.79. The predicted molar refractivity (Wildman–Crippen MR) is 84.4 cm³/mol. The summed E-state index contributed by atoms with van der Waals surface area (Å²) >= 11 is 6.22. The van der Waals surface area contributed by atoms with E-state index >= 15 is 0 Å². The molecule has 1 aliphatic heterocycles. The first-order valence-electron chi connectivity index (χ1n) is 7.18. The minimum absolute atomic E-state index is 0.0569. The van der Waals surface area contributed by atoms with Gasteiger partial charge < -0.3 is 4.90 Å². The summed E-state index contributed by atoms with van der Waals surface area (Å²) in [6.07, 6.45) is 5.52. The molecule has 1 atom stereocenters. The van der Waals surface area contributed by atoms with E-state index in [9.17, 15) is 4.79 Å². The van der Waals surface area contributed by atoms with Crippen molar-refractivity contribution in [1.29, 1.82) is 0 Å². The average molecular weight is 301 g/mol. The number of hydrogen-bond donors (Lipinski definition) is 0. The lowest BCUT2D eigenvalue weighted by Crippen LogP contribution is -2.33. The Balaban J connectivity index is 1.94. The molecular formula is C17H17ClN2O. The Morgan fingerprint density at radius 1 is 1.33 bits per heavy atom. The summed E-state index contributed by atoms with van der Waals surface area (Å²) in [7, 11) is 0. The van der Waals surface area contributed by atoms with Crippen LogP contribution in [0.5, 0.6) is 0 Å². The molecule has 1 aliphatic rings. The molecular weight excluding hydrogens is 284 g/mol. The van der Waals surface area contributed by atoms with Gasteiger partial charge in [0.2, 0.25) is 0 Å². The molecule has 1 amide bonds. The van der Waals surface area contributed by atoms with E-state index in [-0.39, 0.29) is 5.91 Å². The number of nitrogens with zero attached hydrogens (tertiary/aromatic N) is 2. The van der Waals surface area contributed by atoms with Crippen LogP contribution in [0.25, 0.3) is 11.1 Å². The van der Waals surface area contributed by atoms with Gasteiger partial charge in [-0.3, -0.25) is 9.78 Å². The van der Waals surface area contributed by atoms with Crippen molar-refractivity contribution in [3.8, 4) is 11.1 Å². The van der Waals surface area contributed by atoms with Crippen molar-refractivity contribution in [2.45, 2.75) is 25.8 Å². The van der Waals surface area contributed by atoms with Crippen LogP contribution in [-0.4, -0.2) is 28.4 Å². The maximum Gasteiger partial charge on any atom is 0.255 e. The van der Waals surface area contributed by atoms with Crippen LogP contribution in [0.4, 0.5) is 0 Å². The number of carbonyl (C=O) groups excluding carboxylic acids is 1. The number of carbonyl (C=O) groups is 1. The molecule has 0 N–H and O–H groups in total. The van der Waals surface area contributed by atoms with Crippen LogP contribution in [0.2, 0.25) is 5.02 Å². The summed E-state index contributed by atoms with van der Waals surface area (Å²) in [4.78, 5) is 18.7. The molecule has 0 saturated carbocycles. The first kappa shape index (κ1) is 14.1. The maximum atomic E-state index is 12.6. The van der Waals surface area contributed by atoms with Crippen molar-refractivity contribution >= 4 is 17.5 Å². The normalized spacial score (nSPS) is 18.0. The summed E-state index contributed by atoms with van der Waals surface area (Å²) < 4.78 is 0. The van der Waals surface area contributed by atoms with Crippen LogP contribution >= 0.6 is 11.6 Å². The smallest absolute Gasteiger partial charge is 0.255 e. The Bertz CT molecular complexity index is 671. The third-order valence-corrected chi connectivity index (χ3v) is 4.31. The van der Waals surface area contributed by atoms with Gasteiger partial charge in [0.15, 0.2) is 0 Å². The topological polar surface area (TPSA) is 33.2 Å². The molecule has 0 aliphatic carbocycles. The summed E-state index contributed by atoms with van der Waals surface area (Å²) in [5.41, 5.74) is 2.40. The highest BCUT2D eigenvalue weighted by atomic mass is 35.5. The lowest BCUT2D eigenvalue weighted by Gasteiger charge is -2.21. The van der Waals surface area contributed by atoms with Gasteiger partial charge in [0.1, 0.15) is 0 Å². The van der Waals surface area contributed by atoms with E-state index in [4.69, 9.17) is 11.6 Å². The van der Waals surface area contributed by atoms with Crippen molar-refractivity contribution in [2.24, 2.45) is 0 Å². The Labute approximate surface area is 129 Å². The number of rotatable bonds is 2. The van der Waals surface area contributed by atoms with Crippen LogP contribution in [0, 0.1) is 0 Å². The molecule has 0 radical (unpaired) electrons. The van der Waals surface area contributed by atoms with Gasteiger partial charge in [0.25, 0.3) is 5.91 Å². The second kappa shape index (κ2) is 5.86. The molecule has 0 bridgehead atoms. The van der Waals surface area contributed by atoms with E-state index in [1.807, 2.05) is 35.2 Å². The first-order valence-corrected chi connectivity index (χ1v) is 7.55. The van der Waals surface area contributed by atoms with Crippen LogP contribution < -0.4 is 0 Å². The van der Waals surface area contributed by atoms with Crippen molar-refractivity contribution in [3.05, 3.63) is 53.3 Å². The minimum Gasteiger partial charge on any atom is -0.336 e. The molecule has 4 heteroatoms. The SMILES string of the molecule is CC1CCCN1C(=O)c1cncc(-c2ccccc2Cl)c1. The van der Waals surface area contributed by atoms with Gasteiger partial charge in [-0.1, -0.05) is 29.8 Å². The zero-order valence-electron chi connectivity index (χ0n) is 11.9. The van der Waals surface area contributed by atoms with E-state index in [2.05, 4.69) is 11.9 Å². The number of pyridine rings is 1. The van der Waals surface area contributed by atoms with Crippen molar-refractivity contribution in [2.75, 3.05) is 6.54 Å². The molecule has 108 valence electrons. The highest BCUT2D eigenvalue weighted by Crippen LogP contribution is 2.28. The second-order valence-electron chi connectivity index (χ2n) is 5.43. The molecule has 1 aromatic carbocycles. The molecule has 1 unspecified atom stereocenters. The molecule has 1 aromatic heterocycles. The summed E-state index contributed by atoms with van der Waals surface area (Å²) in [5, 5.41) is 0.665. The van der Waals surface area contributed by atoms with E-state index < -0.39 is 0 Å². The Hall–Kier alpha value is -1.87. The fraction of sp³-hybridized carbons (Fsp3) is 0.294. The van der Waals surface area contributed by atoms with Gasteiger partial charge in [-0.15, -0.1) is 0 Å². The van der Waals surface area contributed by atoms with Gasteiger partial charge in [-0.05, 0) is 31.9 Å². The standard InChI is InChI=1S/C17H17ClN2O/c1-12-5-4-8-20(12)17(21)14-9-13(10-19-11-14)15-6-2-3-7-16(15)18/h2-3,6-7,9-12H,4-5,8H2,1H3. The number of likely N-dealkylation sites (tertiary alicyclic amines) is 1. The van der Waals surface area contributed by atoms with Crippen LogP contribution in [0.3, 0.4) is 0 Å². The monoisotopic (exact) mass is 300 g/mol. The molecule has 1 fully saturated rings. The van der Waals surface area contributed by atoms with E-state index in [1.165, 1.54) is 0 Å². The summed E-state index contributed by atoms with van der Waals surface area (Å²) in [5.74, 6) is 0.0569. The van der Waals surface area contributed by atoms with E-state index in [0.717, 1.165) is 30.5 Å². The zero-order valence-corrected chi connectivity index (χ0v) is 12.7. The van der Waals surface area contributed by atoms with Crippen LogP contribution in [0.15, 0.2) is 42.7 Å². The average Bonchev–Trinajstić information content (AvgIpc) is 2.93. The number of halogens is 1. The van der Waals surface area contributed by atoms with Gasteiger partial charge in [-0.25, -0.2) is 0 Å². The molecule has 0 spiro atoms. The first-order chi connectivity index (χ1) is 10.2. The summed E-state index contributed by atoms with van der Waals surface area (Å²) in [6.45, 7) is 2.92. The lowest BCUT2D eigenvalue weighted by atomic mass is 10.1. The molecule has 21 heavy (non-hydrogen) atoms. The van der Waals surface area contributed by atoms with Crippen LogP contribution in [-0.2, 0) is 0 Å². The minimum atomic E-state index is 0.0569. The summed E-state index contributed by atoms with van der Waals surface area (Å²) in [6, 6.07) is 9.78. The van der Waals surface area contributed by atoms with Crippen molar-refractivity contribution in [3.63, 3.8) is 0 Å². The van der Waals surface area contributed by atoms with E-state index in [1.54, 1.807) is 12.4 Å². The number of hydrogen-bond acceptors (Lipinski definition) is 2. The van der Waals surface area contributed by atoms with Gasteiger partial charge in [0, 0.05) is 41.1 Å². The number of benzene rings is 1. The lowest BCUT2D eigenvalue weighted by molar-refractivity contribution is 0.0747. The van der Waals surface area contributed by atoms with Crippen molar-refractivity contribution in [1.82, 2.24) is 9.88 Å². The molecule has 3 nitrogen and oxygen atoms in total. The fourth-order valence-corrected chi connectivity index (χ4v) is 3.05. The molecule has 1 saturated heterocycles. The Morgan fingerprint density at radius 3 is 2.86 bits per heavy atom. The van der Waals surface area contributed by atoms with Crippen molar-refractivity contribution < 1.29 is 4.79 Å². The molecule has 3 rings (SSSR count).